The van der Waals surface area contributed by atoms with Gasteiger partial charge in [-0.15, -0.1) is 0 Å². The van der Waals surface area contributed by atoms with Gasteiger partial charge in [-0.3, -0.25) is 9.36 Å². The van der Waals surface area contributed by atoms with Crippen LogP contribution in [0.5, 0.6) is 5.75 Å². The molecule has 0 aliphatic heterocycles. The molecular weight excluding hydrogens is 652 g/mol. The molecule has 0 radical (unpaired) electrons. The van der Waals surface area contributed by atoms with Crippen LogP contribution in [0.15, 0.2) is 39.5 Å². The Hall–Kier alpha value is -2.76. The lowest BCUT2D eigenvalue weighted by molar-refractivity contribution is -0.390. The van der Waals surface area contributed by atoms with Gasteiger partial charge in [0.05, 0.1) is 15.9 Å². The second-order valence-electron chi connectivity index (χ2n) is 9.98. The average Bonchev–Trinajstić information content (AvgIpc) is 3.60. The van der Waals surface area contributed by atoms with Crippen molar-refractivity contribution < 1.29 is 9.66 Å². The van der Waals surface area contributed by atoms with Crippen molar-refractivity contribution in [3.05, 3.63) is 82.8 Å². The van der Waals surface area contributed by atoms with Crippen molar-refractivity contribution >= 4 is 49.3 Å². The lowest BCUT2D eigenvalue weighted by Crippen LogP contribution is -2.08. The van der Waals surface area contributed by atoms with Crippen LogP contribution >= 0.6 is 43.5 Å². The van der Waals surface area contributed by atoms with Gasteiger partial charge in [-0.2, -0.15) is 10.2 Å². The molecule has 0 spiro atoms. The largest absolute Gasteiger partial charge is 0.478 e. The van der Waals surface area contributed by atoms with Gasteiger partial charge in [-0.25, -0.2) is 0 Å². The lowest BCUT2D eigenvalue weighted by atomic mass is 9.94. The summed E-state index contributed by atoms with van der Waals surface area (Å²) in [6, 6.07) is 7.58. The van der Waals surface area contributed by atoms with Crippen molar-refractivity contribution in [3.8, 4) is 17.0 Å². The van der Waals surface area contributed by atoms with Crippen LogP contribution in [-0.2, 0) is 20.0 Å². The highest BCUT2D eigenvalue weighted by atomic mass is 79.9. The van der Waals surface area contributed by atoms with Gasteiger partial charge in [-0.1, -0.05) is 35.4 Å². The van der Waals surface area contributed by atoms with Gasteiger partial charge in [-0.05, 0) is 81.3 Å². The lowest BCUT2D eigenvalue weighted by Gasteiger charge is -2.19. The van der Waals surface area contributed by atoms with Gasteiger partial charge in [0.2, 0.25) is 5.75 Å². The Bertz CT molecular complexity index is 1580. The molecule has 0 amide bonds. The summed E-state index contributed by atoms with van der Waals surface area (Å²) in [6.45, 7) is 6.77. The van der Waals surface area contributed by atoms with E-state index in [-0.39, 0.29) is 11.6 Å². The van der Waals surface area contributed by atoms with Crippen LogP contribution in [0.3, 0.4) is 0 Å². The van der Waals surface area contributed by atoms with E-state index in [0.717, 1.165) is 50.4 Å². The Kier molecular flexibility index (Phi) is 7.85. The molecule has 3 aromatic heterocycles. The van der Waals surface area contributed by atoms with Gasteiger partial charge < -0.3 is 14.9 Å². The van der Waals surface area contributed by atoms with E-state index < -0.39 is 11.0 Å². The molecule has 1 fully saturated rings. The first-order valence-corrected chi connectivity index (χ1v) is 14.5. The van der Waals surface area contributed by atoms with E-state index in [4.69, 9.17) is 26.5 Å². The van der Waals surface area contributed by atoms with Crippen molar-refractivity contribution in [1.82, 2.24) is 24.5 Å². The molecule has 204 valence electrons. The van der Waals surface area contributed by atoms with Gasteiger partial charge in [0.15, 0.2) is 6.20 Å². The zero-order valence-electron chi connectivity index (χ0n) is 21.9. The molecule has 3 heterocycles. The standard InChI is InChI=1S/C27H27Br2ClN6O3/c1-14-5-8-19(21(9-14)16(3)39-23-10-18(28)12-31-27(23)36(37)38)24-22(26(30)34(4)33-24)11-20-15(2)32-35(25(20)29)13-17-6-7-17/h5,8-10,12,16-17H,6-7,11,13H2,1-4H3/t16-/m1/s1. The predicted octanol–water partition coefficient (Wildman–Crippen LogP) is 7.52. The normalized spacial score (nSPS) is 14.0. The highest BCUT2D eigenvalue weighted by Crippen LogP contribution is 2.39. The Morgan fingerprint density at radius 2 is 1.95 bits per heavy atom. The van der Waals surface area contributed by atoms with Crippen molar-refractivity contribution in [2.75, 3.05) is 0 Å². The highest BCUT2D eigenvalue weighted by Gasteiger charge is 2.28. The molecule has 1 saturated carbocycles. The van der Waals surface area contributed by atoms with Gasteiger partial charge in [0, 0.05) is 48.3 Å². The van der Waals surface area contributed by atoms with Crippen molar-refractivity contribution in [2.24, 2.45) is 13.0 Å². The molecule has 1 aromatic carbocycles. The molecule has 1 aliphatic carbocycles. The maximum absolute atomic E-state index is 11.6. The maximum atomic E-state index is 11.6. The Morgan fingerprint density at radius 1 is 1.21 bits per heavy atom. The van der Waals surface area contributed by atoms with Crippen molar-refractivity contribution in [3.63, 3.8) is 0 Å². The summed E-state index contributed by atoms with van der Waals surface area (Å²) in [5.74, 6) is 0.430. The third kappa shape index (κ3) is 5.76. The van der Waals surface area contributed by atoms with Crippen LogP contribution in [0.25, 0.3) is 11.3 Å². The zero-order chi connectivity index (χ0) is 28.0. The van der Waals surface area contributed by atoms with E-state index in [0.29, 0.717) is 22.0 Å². The summed E-state index contributed by atoms with van der Waals surface area (Å²) in [4.78, 5) is 15.0. The average molecular weight is 679 g/mol. The second kappa shape index (κ2) is 11.0. The summed E-state index contributed by atoms with van der Waals surface area (Å²) in [5.41, 5.74) is 6.33. The first kappa shape index (κ1) is 27.8. The molecule has 1 aliphatic rings. The van der Waals surface area contributed by atoms with Crippen LogP contribution in [0.1, 0.15) is 53.8 Å². The topological polar surface area (TPSA) is 101 Å². The third-order valence-corrected chi connectivity index (χ3v) is 8.70. The van der Waals surface area contributed by atoms with Crippen molar-refractivity contribution in [2.45, 2.75) is 52.7 Å². The molecule has 39 heavy (non-hydrogen) atoms. The molecule has 4 aromatic rings. The Balaban J connectivity index is 1.55. The molecular formula is C27H27Br2ClN6O3. The minimum absolute atomic E-state index is 0.0799. The molecule has 5 rings (SSSR count). The van der Waals surface area contributed by atoms with E-state index in [1.165, 1.54) is 19.0 Å². The number of benzene rings is 1. The predicted molar refractivity (Wildman–Crippen MR) is 156 cm³/mol. The number of halogens is 3. The fraction of sp³-hybridized carbons (Fsp3) is 0.370. The molecule has 1 atom stereocenters. The minimum atomic E-state index is -0.550. The number of hydrogen-bond acceptors (Lipinski definition) is 6. The first-order chi connectivity index (χ1) is 18.5. The molecule has 0 saturated heterocycles. The Morgan fingerprint density at radius 3 is 2.64 bits per heavy atom. The van der Waals surface area contributed by atoms with Gasteiger partial charge in [0.1, 0.15) is 15.9 Å². The number of aryl methyl sites for hydroxylation is 3. The third-order valence-electron chi connectivity index (χ3n) is 6.91. The second-order valence-corrected chi connectivity index (χ2v) is 12.0. The van der Waals surface area contributed by atoms with E-state index in [1.54, 1.807) is 10.7 Å². The number of nitrogens with zero attached hydrogens (tertiary/aromatic N) is 6. The van der Waals surface area contributed by atoms with Gasteiger partial charge in [0.25, 0.3) is 0 Å². The molecule has 0 N–H and O–H groups in total. The Labute approximate surface area is 247 Å². The number of hydrogen-bond donors (Lipinski definition) is 0. The number of rotatable bonds is 9. The van der Waals surface area contributed by atoms with E-state index >= 15 is 0 Å². The maximum Gasteiger partial charge on any atom is 0.406 e. The fourth-order valence-corrected chi connectivity index (χ4v) is 5.84. The zero-order valence-corrected chi connectivity index (χ0v) is 25.8. The van der Waals surface area contributed by atoms with E-state index in [2.05, 4.69) is 36.8 Å². The number of ether oxygens (including phenoxy) is 1. The summed E-state index contributed by atoms with van der Waals surface area (Å²) in [6.07, 6.45) is 3.87. The summed E-state index contributed by atoms with van der Waals surface area (Å²) in [5, 5.41) is 21.7. The number of aromatic nitrogens is 5. The van der Waals surface area contributed by atoms with E-state index in [9.17, 15) is 10.1 Å². The summed E-state index contributed by atoms with van der Waals surface area (Å²) < 4.78 is 11.4. The molecule has 0 unspecified atom stereocenters. The SMILES string of the molecule is Cc1ccc(-c2nn(C)c(Cl)c2Cc2c(C)nn(CC3CC3)c2Br)c([C@@H](C)Oc2cc(Br)cnc2[N+](=O)[O-])c1. The number of pyridine rings is 1. The summed E-state index contributed by atoms with van der Waals surface area (Å²) >= 11 is 13.9. The molecule has 12 heteroatoms. The smallest absolute Gasteiger partial charge is 0.406 e. The number of nitro groups is 1. The van der Waals surface area contributed by atoms with Crippen LogP contribution in [0, 0.1) is 29.9 Å². The van der Waals surface area contributed by atoms with Crippen LogP contribution in [0.4, 0.5) is 5.82 Å². The summed E-state index contributed by atoms with van der Waals surface area (Å²) in [7, 11) is 1.82. The quantitative estimate of drug-likeness (QED) is 0.134. The van der Waals surface area contributed by atoms with Gasteiger partial charge >= 0.3 is 5.82 Å². The fourth-order valence-electron chi connectivity index (χ4n) is 4.68. The van der Waals surface area contributed by atoms with Crippen LogP contribution < -0.4 is 4.74 Å². The van der Waals surface area contributed by atoms with Crippen LogP contribution in [0.2, 0.25) is 5.15 Å². The first-order valence-electron chi connectivity index (χ1n) is 12.5. The minimum Gasteiger partial charge on any atom is -0.478 e. The van der Waals surface area contributed by atoms with Crippen LogP contribution in [-0.4, -0.2) is 29.5 Å². The molecule has 0 bridgehead atoms. The molecule has 9 nitrogen and oxygen atoms in total. The van der Waals surface area contributed by atoms with E-state index in [1.807, 2.05) is 50.7 Å². The van der Waals surface area contributed by atoms with Crippen molar-refractivity contribution in [1.29, 1.82) is 0 Å². The highest BCUT2D eigenvalue weighted by molar-refractivity contribution is 9.10. The monoisotopic (exact) mass is 676 g/mol.